The average molecular weight is 363 g/mol. The molecule has 7 heteroatoms. The van der Waals surface area contributed by atoms with Crippen LogP contribution in [0.1, 0.15) is 22.3 Å². The van der Waals surface area contributed by atoms with Gasteiger partial charge in [-0.1, -0.05) is 11.6 Å². The third-order valence-electron chi connectivity index (χ3n) is 3.80. The summed E-state index contributed by atoms with van der Waals surface area (Å²) in [5.74, 6) is -0.508. The molecule has 1 heterocycles. The molecule has 0 fully saturated rings. The lowest BCUT2D eigenvalue weighted by atomic mass is 10.0. The van der Waals surface area contributed by atoms with Gasteiger partial charge in [0, 0.05) is 17.1 Å². The van der Waals surface area contributed by atoms with Crippen LogP contribution in [0.2, 0.25) is 5.02 Å². The minimum atomic E-state index is -0.625. The van der Waals surface area contributed by atoms with Crippen molar-refractivity contribution >= 4 is 29.1 Å². The van der Waals surface area contributed by atoms with E-state index in [1.165, 1.54) is 12.1 Å². The Morgan fingerprint density at radius 2 is 2.08 bits per heavy atom. The van der Waals surface area contributed by atoms with Crippen LogP contribution in [-0.4, -0.2) is 25.0 Å². The maximum absolute atomic E-state index is 13.6. The molecule has 0 radical (unpaired) electrons. The Labute approximate surface area is 149 Å². The number of ether oxygens (including phenoxy) is 1. The van der Waals surface area contributed by atoms with Gasteiger partial charge in [-0.3, -0.25) is 9.59 Å². The van der Waals surface area contributed by atoms with Crippen LogP contribution < -0.4 is 15.4 Å². The molecule has 0 bridgehead atoms. The van der Waals surface area contributed by atoms with Crippen molar-refractivity contribution in [2.24, 2.45) is 0 Å². The Morgan fingerprint density at radius 1 is 1.24 bits per heavy atom. The molecule has 2 N–H and O–H groups in total. The van der Waals surface area contributed by atoms with Gasteiger partial charge in [-0.25, -0.2) is 4.39 Å². The summed E-state index contributed by atoms with van der Waals surface area (Å²) in [7, 11) is 0. The second-order valence-corrected chi connectivity index (χ2v) is 6.03. The third-order valence-corrected chi connectivity index (χ3v) is 4.04. The summed E-state index contributed by atoms with van der Waals surface area (Å²) in [5.41, 5.74) is 1.72. The number of aryl methyl sites for hydroxylation is 1. The first kappa shape index (κ1) is 17.2. The van der Waals surface area contributed by atoms with Crippen LogP contribution in [0.5, 0.6) is 5.75 Å². The minimum absolute atomic E-state index is 0.0112. The van der Waals surface area contributed by atoms with E-state index < -0.39 is 11.7 Å². The summed E-state index contributed by atoms with van der Waals surface area (Å²) in [4.78, 5) is 23.3. The number of hydrogen-bond donors (Lipinski definition) is 2. The highest BCUT2D eigenvalue weighted by molar-refractivity contribution is 6.31. The second-order valence-electron chi connectivity index (χ2n) is 5.60. The molecule has 0 spiro atoms. The summed E-state index contributed by atoms with van der Waals surface area (Å²) in [5, 5.41) is 5.68. The lowest BCUT2D eigenvalue weighted by Crippen LogP contribution is -2.28. The van der Waals surface area contributed by atoms with Gasteiger partial charge in [-0.05, 0) is 48.4 Å². The van der Waals surface area contributed by atoms with Crippen molar-refractivity contribution in [2.45, 2.75) is 12.8 Å². The first-order valence-corrected chi connectivity index (χ1v) is 8.19. The van der Waals surface area contributed by atoms with Crippen LogP contribution in [0.25, 0.3) is 0 Å². The monoisotopic (exact) mass is 362 g/mol. The van der Waals surface area contributed by atoms with E-state index >= 15 is 0 Å². The van der Waals surface area contributed by atoms with Crippen LogP contribution in [0.15, 0.2) is 36.4 Å². The summed E-state index contributed by atoms with van der Waals surface area (Å²) < 4.78 is 19.2. The summed E-state index contributed by atoms with van der Waals surface area (Å²) in [6, 6.07) is 9.23. The maximum atomic E-state index is 13.6. The Bertz CT molecular complexity index is 826. The molecular formula is C18H16ClFN2O3. The lowest BCUT2D eigenvalue weighted by molar-refractivity contribution is -0.116. The highest BCUT2D eigenvalue weighted by atomic mass is 35.5. The molecule has 2 aromatic carbocycles. The van der Waals surface area contributed by atoms with Crippen molar-refractivity contribution in [1.29, 1.82) is 0 Å². The van der Waals surface area contributed by atoms with Crippen molar-refractivity contribution < 1.29 is 18.7 Å². The SMILES string of the molecule is O=C1CCc2cc(OCCNC(=O)c3cc(Cl)ccc3F)ccc2N1. The van der Waals surface area contributed by atoms with Crippen molar-refractivity contribution in [1.82, 2.24) is 5.32 Å². The van der Waals surface area contributed by atoms with Crippen LogP contribution in [0.3, 0.4) is 0 Å². The largest absolute Gasteiger partial charge is 0.492 e. The van der Waals surface area contributed by atoms with Gasteiger partial charge in [0.2, 0.25) is 5.91 Å². The molecule has 1 aliphatic heterocycles. The molecule has 1 aliphatic rings. The molecule has 0 saturated carbocycles. The Hall–Kier alpha value is -2.60. The standard InChI is InChI=1S/C18H16ClFN2O3/c19-12-2-4-15(20)14(10-12)18(24)21-7-8-25-13-3-5-16-11(9-13)1-6-17(23)22-16/h2-5,9-10H,1,6-8H2,(H,21,24)(H,22,23). The van der Waals surface area contributed by atoms with Gasteiger partial charge in [-0.15, -0.1) is 0 Å². The number of carbonyl (C=O) groups is 2. The van der Waals surface area contributed by atoms with Crippen LogP contribution in [-0.2, 0) is 11.2 Å². The number of amides is 2. The minimum Gasteiger partial charge on any atom is -0.492 e. The molecule has 0 atom stereocenters. The quantitative estimate of drug-likeness (QED) is 0.803. The molecular weight excluding hydrogens is 347 g/mol. The summed E-state index contributed by atoms with van der Waals surface area (Å²) >= 11 is 5.77. The number of nitrogens with one attached hydrogen (secondary N) is 2. The van der Waals surface area contributed by atoms with Gasteiger partial charge < -0.3 is 15.4 Å². The smallest absolute Gasteiger partial charge is 0.254 e. The number of carbonyl (C=O) groups excluding carboxylic acids is 2. The second kappa shape index (κ2) is 7.53. The normalized spacial score (nSPS) is 13.0. The van der Waals surface area contributed by atoms with Crippen LogP contribution in [0, 0.1) is 5.82 Å². The maximum Gasteiger partial charge on any atom is 0.254 e. The Kier molecular flexibility index (Phi) is 5.19. The van der Waals surface area contributed by atoms with Gasteiger partial charge >= 0.3 is 0 Å². The fourth-order valence-corrected chi connectivity index (χ4v) is 2.72. The molecule has 5 nitrogen and oxygen atoms in total. The highest BCUT2D eigenvalue weighted by Gasteiger charge is 2.15. The van der Waals surface area contributed by atoms with Crippen molar-refractivity contribution in [2.75, 3.05) is 18.5 Å². The Morgan fingerprint density at radius 3 is 2.92 bits per heavy atom. The zero-order chi connectivity index (χ0) is 17.8. The van der Waals surface area contributed by atoms with Crippen molar-refractivity contribution in [3.05, 3.63) is 58.4 Å². The average Bonchev–Trinajstić information content (AvgIpc) is 2.60. The zero-order valence-electron chi connectivity index (χ0n) is 13.3. The predicted molar refractivity (Wildman–Crippen MR) is 92.6 cm³/mol. The molecule has 2 aromatic rings. The van der Waals surface area contributed by atoms with Crippen LogP contribution >= 0.6 is 11.6 Å². The van der Waals surface area contributed by atoms with Gasteiger partial charge in [0.05, 0.1) is 12.1 Å². The van der Waals surface area contributed by atoms with Gasteiger partial charge in [-0.2, -0.15) is 0 Å². The number of rotatable bonds is 5. The number of halogens is 2. The van der Waals surface area contributed by atoms with Crippen molar-refractivity contribution in [3.63, 3.8) is 0 Å². The van der Waals surface area contributed by atoms with E-state index in [-0.39, 0.29) is 24.6 Å². The number of fused-ring (bicyclic) bond motifs is 1. The number of benzene rings is 2. The molecule has 0 unspecified atom stereocenters. The lowest BCUT2D eigenvalue weighted by Gasteiger charge is -2.17. The molecule has 130 valence electrons. The van der Waals surface area contributed by atoms with Gasteiger partial charge in [0.1, 0.15) is 18.2 Å². The van der Waals surface area contributed by atoms with E-state index in [9.17, 15) is 14.0 Å². The van der Waals surface area contributed by atoms with Gasteiger partial charge in [0.25, 0.3) is 5.91 Å². The number of anilines is 1. The summed E-state index contributed by atoms with van der Waals surface area (Å²) in [6.45, 7) is 0.456. The fourth-order valence-electron chi connectivity index (χ4n) is 2.55. The van der Waals surface area contributed by atoms with Crippen molar-refractivity contribution in [3.8, 4) is 5.75 Å². The van der Waals surface area contributed by atoms with E-state index in [0.717, 1.165) is 17.3 Å². The topological polar surface area (TPSA) is 67.4 Å². The molecule has 2 amide bonds. The van der Waals surface area contributed by atoms with E-state index in [1.807, 2.05) is 6.07 Å². The van der Waals surface area contributed by atoms with E-state index in [1.54, 1.807) is 12.1 Å². The van der Waals surface area contributed by atoms with E-state index in [2.05, 4.69) is 10.6 Å². The molecule has 25 heavy (non-hydrogen) atoms. The first-order valence-electron chi connectivity index (χ1n) is 7.82. The summed E-state index contributed by atoms with van der Waals surface area (Å²) in [6.07, 6.45) is 1.13. The fraction of sp³-hybridized carbons (Fsp3) is 0.222. The molecule has 0 aliphatic carbocycles. The van der Waals surface area contributed by atoms with Gasteiger partial charge in [0.15, 0.2) is 0 Å². The Balaban J connectivity index is 1.51. The van der Waals surface area contributed by atoms with E-state index in [0.29, 0.717) is 23.6 Å². The molecule has 0 saturated heterocycles. The molecule has 3 rings (SSSR count). The highest BCUT2D eigenvalue weighted by Crippen LogP contribution is 2.26. The molecule has 0 aromatic heterocycles. The third kappa shape index (κ3) is 4.28. The predicted octanol–water partition coefficient (Wildman–Crippen LogP) is 3.17. The van der Waals surface area contributed by atoms with Crippen LogP contribution in [0.4, 0.5) is 10.1 Å². The number of hydrogen-bond acceptors (Lipinski definition) is 3. The first-order chi connectivity index (χ1) is 12.0. The van der Waals surface area contributed by atoms with E-state index in [4.69, 9.17) is 16.3 Å². The zero-order valence-corrected chi connectivity index (χ0v) is 14.0.